The Morgan fingerprint density at radius 2 is 2.22 bits per heavy atom. The molecule has 0 bridgehead atoms. The molecule has 4 nitrogen and oxygen atoms in total. The van der Waals surface area contributed by atoms with Gasteiger partial charge < -0.3 is 14.8 Å². The van der Waals surface area contributed by atoms with E-state index in [0.717, 1.165) is 43.3 Å². The molecular weight excluding hydrogens is 228 g/mol. The van der Waals surface area contributed by atoms with Crippen LogP contribution in [-0.4, -0.2) is 31.9 Å². The number of aromatic nitrogens is 1. The van der Waals surface area contributed by atoms with Crippen LogP contribution in [0.3, 0.4) is 0 Å². The molecule has 1 aromatic heterocycles. The fourth-order valence-corrected chi connectivity index (χ4v) is 1.54. The number of nitrogens with one attached hydrogen (secondary N) is 1. The molecule has 0 fully saturated rings. The third kappa shape index (κ3) is 5.80. The summed E-state index contributed by atoms with van der Waals surface area (Å²) >= 11 is 0. The van der Waals surface area contributed by atoms with Crippen molar-refractivity contribution in [1.29, 1.82) is 0 Å². The van der Waals surface area contributed by atoms with Crippen molar-refractivity contribution in [3.8, 4) is 5.75 Å². The van der Waals surface area contributed by atoms with Crippen LogP contribution < -0.4 is 10.1 Å². The SMILES string of the molecule is C=CCCOCCNCc1cc(OC)cc(C)n1. The fourth-order valence-electron chi connectivity index (χ4n) is 1.54. The molecule has 0 unspecified atom stereocenters. The third-order valence-electron chi connectivity index (χ3n) is 2.41. The minimum atomic E-state index is 0.705. The zero-order valence-electron chi connectivity index (χ0n) is 11.2. The van der Waals surface area contributed by atoms with E-state index in [0.29, 0.717) is 6.61 Å². The summed E-state index contributed by atoms with van der Waals surface area (Å²) in [6, 6.07) is 3.86. The lowest BCUT2D eigenvalue weighted by atomic mass is 10.3. The average Bonchev–Trinajstić information content (AvgIpc) is 2.37. The van der Waals surface area contributed by atoms with Crippen LogP contribution in [0.5, 0.6) is 5.75 Å². The van der Waals surface area contributed by atoms with Crippen LogP contribution in [0.2, 0.25) is 0 Å². The molecule has 0 amide bonds. The van der Waals surface area contributed by atoms with E-state index in [1.807, 2.05) is 25.1 Å². The minimum absolute atomic E-state index is 0.705. The molecule has 0 aliphatic rings. The number of nitrogens with zero attached hydrogens (tertiary/aromatic N) is 1. The summed E-state index contributed by atoms with van der Waals surface area (Å²) in [6.45, 7) is 8.59. The highest BCUT2D eigenvalue weighted by Crippen LogP contribution is 2.12. The van der Waals surface area contributed by atoms with Crippen molar-refractivity contribution in [2.75, 3.05) is 26.9 Å². The normalized spacial score (nSPS) is 10.3. The van der Waals surface area contributed by atoms with Gasteiger partial charge in [0.2, 0.25) is 0 Å². The maximum absolute atomic E-state index is 5.40. The summed E-state index contributed by atoms with van der Waals surface area (Å²) in [5, 5.41) is 3.29. The lowest BCUT2D eigenvalue weighted by molar-refractivity contribution is 0.140. The monoisotopic (exact) mass is 250 g/mol. The molecule has 1 heterocycles. The predicted molar refractivity (Wildman–Crippen MR) is 72.9 cm³/mol. The van der Waals surface area contributed by atoms with E-state index in [2.05, 4.69) is 16.9 Å². The average molecular weight is 250 g/mol. The number of ether oxygens (including phenoxy) is 2. The molecule has 0 aromatic carbocycles. The number of pyridine rings is 1. The third-order valence-corrected chi connectivity index (χ3v) is 2.41. The van der Waals surface area contributed by atoms with Crippen molar-refractivity contribution in [2.24, 2.45) is 0 Å². The highest BCUT2D eigenvalue weighted by atomic mass is 16.5. The Bertz CT molecular complexity index is 367. The van der Waals surface area contributed by atoms with Crippen LogP contribution in [0.4, 0.5) is 0 Å². The lowest BCUT2D eigenvalue weighted by Crippen LogP contribution is -2.20. The van der Waals surface area contributed by atoms with Crippen LogP contribution in [0.25, 0.3) is 0 Å². The molecule has 0 saturated heterocycles. The molecule has 0 saturated carbocycles. The standard InChI is InChI=1S/C14H22N2O2/c1-4-5-7-18-8-6-15-11-13-10-14(17-3)9-12(2)16-13/h4,9-10,15H,1,5-8,11H2,2-3H3. The van der Waals surface area contributed by atoms with Crippen molar-refractivity contribution >= 4 is 0 Å². The maximum atomic E-state index is 5.40. The van der Waals surface area contributed by atoms with Gasteiger partial charge in [-0.15, -0.1) is 6.58 Å². The second-order valence-electron chi connectivity index (χ2n) is 4.01. The minimum Gasteiger partial charge on any atom is -0.497 e. The number of methoxy groups -OCH3 is 1. The molecule has 1 aromatic rings. The maximum Gasteiger partial charge on any atom is 0.122 e. The quantitative estimate of drug-likeness (QED) is 0.538. The van der Waals surface area contributed by atoms with Gasteiger partial charge in [-0.05, 0) is 13.3 Å². The van der Waals surface area contributed by atoms with E-state index < -0.39 is 0 Å². The van der Waals surface area contributed by atoms with E-state index in [-0.39, 0.29) is 0 Å². The van der Waals surface area contributed by atoms with Crippen molar-refractivity contribution in [2.45, 2.75) is 19.9 Å². The molecule has 1 N–H and O–H groups in total. The Balaban J connectivity index is 2.22. The van der Waals surface area contributed by atoms with E-state index in [1.165, 1.54) is 0 Å². The van der Waals surface area contributed by atoms with Gasteiger partial charge in [0.05, 0.1) is 26.0 Å². The van der Waals surface area contributed by atoms with Crippen LogP contribution in [0.1, 0.15) is 17.8 Å². The van der Waals surface area contributed by atoms with Crippen LogP contribution in [0.15, 0.2) is 24.8 Å². The van der Waals surface area contributed by atoms with Crippen LogP contribution in [0, 0.1) is 6.92 Å². The van der Waals surface area contributed by atoms with Crippen LogP contribution in [-0.2, 0) is 11.3 Å². The Labute approximate surface area is 109 Å². The summed E-state index contributed by atoms with van der Waals surface area (Å²) in [7, 11) is 1.67. The molecule has 0 atom stereocenters. The van der Waals surface area contributed by atoms with Gasteiger partial charge in [0.25, 0.3) is 0 Å². The summed E-state index contributed by atoms with van der Waals surface area (Å²) in [4.78, 5) is 4.43. The van der Waals surface area contributed by atoms with Crippen LogP contribution >= 0.6 is 0 Å². The molecule has 100 valence electrons. The Kier molecular flexibility index (Phi) is 7.06. The molecule has 0 aliphatic carbocycles. The van der Waals surface area contributed by atoms with Gasteiger partial charge >= 0.3 is 0 Å². The van der Waals surface area contributed by atoms with Gasteiger partial charge in [-0.3, -0.25) is 4.98 Å². The van der Waals surface area contributed by atoms with Crippen molar-refractivity contribution in [3.05, 3.63) is 36.2 Å². The lowest BCUT2D eigenvalue weighted by Gasteiger charge is -2.07. The highest BCUT2D eigenvalue weighted by Gasteiger charge is 2.00. The number of rotatable bonds is 9. The summed E-state index contributed by atoms with van der Waals surface area (Å²) in [5.41, 5.74) is 1.95. The Morgan fingerprint density at radius 3 is 2.94 bits per heavy atom. The largest absolute Gasteiger partial charge is 0.497 e. The Hall–Kier alpha value is -1.39. The number of hydrogen-bond donors (Lipinski definition) is 1. The summed E-state index contributed by atoms with van der Waals surface area (Å²) in [5.74, 6) is 0.849. The molecular formula is C14H22N2O2. The van der Waals surface area contributed by atoms with E-state index >= 15 is 0 Å². The molecule has 4 heteroatoms. The van der Waals surface area contributed by atoms with Gasteiger partial charge in [0.15, 0.2) is 0 Å². The first-order valence-corrected chi connectivity index (χ1v) is 6.17. The first-order valence-electron chi connectivity index (χ1n) is 6.17. The molecule has 0 spiro atoms. The second kappa shape index (κ2) is 8.66. The van der Waals surface area contributed by atoms with E-state index in [1.54, 1.807) is 7.11 Å². The van der Waals surface area contributed by atoms with E-state index in [4.69, 9.17) is 9.47 Å². The van der Waals surface area contributed by atoms with Crippen molar-refractivity contribution < 1.29 is 9.47 Å². The predicted octanol–water partition coefficient (Wildman–Crippen LogP) is 2.08. The smallest absolute Gasteiger partial charge is 0.122 e. The van der Waals surface area contributed by atoms with Gasteiger partial charge in [0.1, 0.15) is 5.75 Å². The van der Waals surface area contributed by atoms with Gasteiger partial charge in [-0.25, -0.2) is 0 Å². The van der Waals surface area contributed by atoms with E-state index in [9.17, 15) is 0 Å². The number of hydrogen-bond acceptors (Lipinski definition) is 4. The van der Waals surface area contributed by atoms with Gasteiger partial charge in [-0.1, -0.05) is 6.08 Å². The number of aryl methyl sites for hydroxylation is 1. The summed E-state index contributed by atoms with van der Waals surface area (Å²) in [6.07, 6.45) is 2.76. The van der Waals surface area contributed by atoms with Crippen molar-refractivity contribution in [3.63, 3.8) is 0 Å². The molecule has 0 aliphatic heterocycles. The first kappa shape index (κ1) is 14.7. The molecule has 1 rings (SSSR count). The zero-order valence-corrected chi connectivity index (χ0v) is 11.2. The molecule has 0 radical (unpaired) electrons. The molecule has 18 heavy (non-hydrogen) atoms. The highest BCUT2D eigenvalue weighted by molar-refractivity contribution is 5.26. The summed E-state index contributed by atoms with van der Waals surface area (Å²) < 4.78 is 10.6. The second-order valence-corrected chi connectivity index (χ2v) is 4.01. The van der Waals surface area contributed by atoms with Crippen molar-refractivity contribution in [1.82, 2.24) is 10.3 Å². The fraction of sp³-hybridized carbons (Fsp3) is 0.500. The Morgan fingerprint density at radius 1 is 1.39 bits per heavy atom. The zero-order chi connectivity index (χ0) is 13.2. The topological polar surface area (TPSA) is 43.4 Å². The van der Waals surface area contributed by atoms with Gasteiger partial charge in [-0.2, -0.15) is 0 Å². The first-order chi connectivity index (χ1) is 8.76. The van der Waals surface area contributed by atoms with Gasteiger partial charge in [0, 0.05) is 30.9 Å².